The molecular weight excluding hydrogens is 448 g/mol. The van der Waals surface area contributed by atoms with Gasteiger partial charge in [0.2, 0.25) is 5.91 Å². The Balaban J connectivity index is 1.52. The largest absolute Gasteiger partial charge is 0.338 e. The summed E-state index contributed by atoms with van der Waals surface area (Å²) in [6, 6.07) is 15.8. The zero-order chi connectivity index (χ0) is 22.7. The van der Waals surface area contributed by atoms with Crippen LogP contribution >= 0.6 is 11.6 Å². The molecule has 0 radical (unpaired) electrons. The molecule has 32 heavy (non-hydrogen) atoms. The molecule has 0 spiro atoms. The molecule has 1 fully saturated rings. The monoisotopic (exact) mass is 472 g/mol. The van der Waals surface area contributed by atoms with Gasteiger partial charge in [0.05, 0.1) is 17.7 Å². The first-order valence-electron chi connectivity index (χ1n) is 10.6. The minimum atomic E-state index is -3.31. The minimum Gasteiger partial charge on any atom is -0.338 e. The summed E-state index contributed by atoms with van der Waals surface area (Å²) in [5.74, 6) is -0.724. The summed E-state index contributed by atoms with van der Waals surface area (Å²) in [7, 11) is -3.31. The Morgan fingerprint density at radius 3 is 2.44 bits per heavy atom. The SMILES string of the molecule is O=C(c1ccc(Cl)cc1)N1CCC[C@H](C(=O)N(Cc2ccccc2)[C@@H]2C=CS(=O)(=O)C2)C1. The Bertz CT molecular complexity index is 1120. The fourth-order valence-electron chi connectivity index (χ4n) is 4.26. The Labute approximate surface area is 193 Å². The van der Waals surface area contributed by atoms with Crippen LogP contribution in [-0.4, -0.2) is 54.9 Å². The highest BCUT2D eigenvalue weighted by molar-refractivity contribution is 7.94. The number of amides is 2. The summed E-state index contributed by atoms with van der Waals surface area (Å²) in [5.41, 5.74) is 1.47. The van der Waals surface area contributed by atoms with E-state index in [4.69, 9.17) is 11.6 Å². The van der Waals surface area contributed by atoms with Crippen LogP contribution in [0.1, 0.15) is 28.8 Å². The standard InChI is InChI=1S/C24H25ClN2O4S/c25-21-10-8-19(9-11-21)23(28)26-13-4-7-20(16-26)24(29)27(15-18-5-2-1-3-6-18)22-12-14-32(30,31)17-22/h1-3,5-6,8-12,14,20,22H,4,7,13,15-17H2/t20-,22+/m0/s1. The highest BCUT2D eigenvalue weighted by Gasteiger charge is 2.36. The molecule has 1 saturated heterocycles. The Hall–Kier alpha value is -2.64. The first-order chi connectivity index (χ1) is 15.3. The van der Waals surface area contributed by atoms with Gasteiger partial charge in [-0.2, -0.15) is 0 Å². The van der Waals surface area contributed by atoms with Crippen molar-refractivity contribution in [3.05, 3.63) is 82.2 Å². The maximum atomic E-state index is 13.6. The van der Waals surface area contributed by atoms with Crippen LogP contribution in [-0.2, 0) is 21.2 Å². The molecule has 6 nitrogen and oxygen atoms in total. The molecule has 0 saturated carbocycles. The summed E-state index contributed by atoms with van der Waals surface area (Å²) >= 11 is 5.93. The van der Waals surface area contributed by atoms with E-state index in [1.807, 2.05) is 30.3 Å². The smallest absolute Gasteiger partial charge is 0.253 e. The van der Waals surface area contributed by atoms with Crippen molar-refractivity contribution in [2.45, 2.75) is 25.4 Å². The summed E-state index contributed by atoms with van der Waals surface area (Å²) in [6.07, 6.45) is 2.97. The number of likely N-dealkylation sites (tertiary alicyclic amines) is 1. The van der Waals surface area contributed by atoms with E-state index in [1.54, 1.807) is 40.1 Å². The highest BCUT2D eigenvalue weighted by Crippen LogP contribution is 2.25. The van der Waals surface area contributed by atoms with Crippen LogP contribution in [0.2, 0.25) is 5.02 Å². The van der Waals surface area contributed by atoms with Gasteiger partial charge in [-0.3, -0.25) is 9.59 Å². The number of hydrogen-bond acceptors (Lipinski definition) is 4. The van der Waals surface area contributed by atoms with Crippen LogP contribution < -0.4 is 0 Å². The van der Waals surface area contributed by atoms with Crippen molar-refractivity contribution < 1.29 is 18.0 Å². The quantitative estimate of drug-likeness (QED) is 0.667. The fourth-order valence-corrected chi connectivity index (χ4v) is 5.69. The predicted octanol–water partition coefficient (Wildman–Crippen LogP) is 3.53. The third kappa shape index (κ3) is 5.22. The van der Waals surface area contributed by atoms with E-state index < -0.39 is 15.9 Å². The van der Waals surface area contributed by atoms with Crippen LogP contribution in [0.15, 0.2) is 66.1 Å². The van der Waals surface area contributed by atoms with Crippen molar-refractivity contribution in [2.75, 3.05) is 18.8 Å². The third-order valence-corrected chi connectivity index (χ3v) is 7.57. The lowest BCUT2D eigenvalue weighted by atomic mass is 9.95. The summed E-state index contributed by atoms with van der Waals surface area (Å²) in [5, 5.41) is 1.75. The minimum absolute atomic E-state index is 0.105. The first kappa shape index (κ1) is 22.6. The number of carbonyl (C=O) groups is 2. The summed E-state index contributed by atoms with van der Waals surface area (Å²) in [4.78, 5) is 29.9. The van der Waals surface area contributed by atoms with Gasteiger partial charge >= 0.3 is 0 Å². The fraction of sp³-hybridized carbons (Fsp3) is 0.333. The molecule has 0 bridgehead atoms. The molecule has 2 amide bonds. The average molecular weight is 473 g/mol. The highest BCUT2D eigenvalue weighted by atomic mass is 35.5. The molecule has 0 unspecified atom stereocenters. The molecule has 2 aromatic carbocycles. The van der Waals surface area contributed by atoms with Crippen LogP contribution in [0.25, 0.3) is 0 Å². The molecule has 2 atom stereocenters. The lowest BCUT2D eigenvalue weighted by Crippen LogP contribution is -2.49. The van der Waals surface area contributed by atoms with Gasteiger partial charge in [0.1, 0.15) is 0 Å². The van der Waals surface area contributed by atoms with Gasteiger partial charge in [0.25, 0.3) is 5.91 Å². The van der Waals surface area contributed by atoms with E-state index in [0.29, 0.717) is 43.1 Å². The van der Waals surface area contributed by atoms with E-state index in [1.165, 1.54) is 5.41 Å². The second kappa shape index (κ2) is 9.46. The van der Waals surface area contributed by atoms with Gasteiger partial charge in [0, 0.05) is 35.6 Å². The molecule has 2 aromatic rings. The van der Waals surface area contributed by atoms with E-state index >= 15 is 0 Å². The van der Waals surface area contributed by atoms with Crippen LogP contribution in [0.4, 0.5) is 0 Å². The normalized spacial score (nSPS) is 22.0. The molecule has 2 aliphatic heterocycles. The summed E-state index contributed by atoms with van der Waals surface area (Å²) < 4.78 is 24.1. The summed E-state index contributed by atoms with van der Waals surface area (Å²) in [6.45, 7) is 1.22. The average Bonchev–Trinajstić information content (AvgIpc) is 3.17. The number of piperidine rings is 1. The van der Waals surface area contributed by atoms with Gasteiger partial charge in [-0.1, -0.05) is 41.9 Å². The van der Waals surface area contributed by atoms with Crippen molar-refractivity contribution >= 4 is 33.3 Å². The molecule has 168 valence electrons. The van der Waals surface area contributed by atoms with Crippen molar-refractivity contribution in [2.24, 2.45) is 5.92 Å². The molecule has 2 aliphatic rings. The van der Waals surface area contributed by atoms with Crippen LogP contribution in [0, 0.1) is 5.92 Å². The Morgan fingerprint density at radius 2 is 1.78 bits per heavy atom. The molecule has 4 rings (SSSR count). The van der Waals surface area contributed by atoms with Gasteiger partial charge in [-0.25, -0.2) is 8.42 Å². The van der Waals surface area contributed by atoms with E-state index in [0.717, 1.165) is 5.56 Å². The molecule has 0 aliphatic carbocycles. The third-order valence-electron chi connectivity index (χ3n) is 5.94. The number of rotatable bonds is 5. The Kier molecular flexibility index (Phi) is 6.67. The van der Waals surface area contributed by atoms with Crippen molar-refractivity contribution in [3.63, 3.8) is 0 Å². The number of hydrogen-bond donors (Lipinski definition) is 0. The maximum Gasteiger partial charge on any atom is 0.253 e. The lowest BCUT2D eigenvalue weighted by molar-refractivity contribution is -0.138. The maximum absolute atomic E-state index is 13.6. The zero-order valence-electron chi connectivity index (χ0n) is 17.6. The molecule has 2 heterocycles. The van der Waals surface area contributed by atoms with Crippen molar-refractivity contribution in [1.29, 1.82) is 0 Å². The molecular formula is C24H25ClN2O4S. The van der Waals surface area contributed by atoms with Gasteiger partial charge in [-0.05, 0) is 48.7 Å². The number of benzene rings is 2. The molecule has 0 N–H and O–H groups in total. The predicted molar refractivity (Wildman–Crippen MR) is 124 cm³/mol. The first-order valence-corrected chi connectivity index (χ1v) is 12.7. The second-order valence-electron chi connectivity index (χ2n) is 8.27. The number of halogens is 1. The van der Waals surface area contributed by atoms with Gasteiger partial charge in [0.15, 0.2) is 9.84 Å². The van der Waals surface area contributed by atoms with Gasteiger partial charge in [-0.15, -0.1) is 0 Å². The number of sulfone groups is 1. The molecule has 8 heteroatoms. The number of nitrogens with zero attached hydrogens (tertiary/aromatic N) is 2. The van der Waals surface area contributed by atoms with E-state index in [9.17, 15) is 18.0 Å². The van der Waals surface area contributed by atoms with Crippen molar-refractivity contribution in [3.8, 4) is 0 Å². The topological polar surface area (TPSA) is 74.8 Å². The lowest BCUT2D eigenvalue weighted by Gasteiger charge is -2.37. The van der Waals surface area contributed by atoms with Crippen LogP contribution in [0.5, 0.6) is 0 Å². The van der Waals surface area contributed by atoms with E-state index in [2.05, 4.69) is 0 Å². The van der Waals surface area contributed by atoms with Gasteiger partial charge < -0.3 is 9.80 Å². The van der Waals surface area contributed by atoms with Crippen LogP contribution in [0.3, 0.4) is 0 Å². The zero-order valence-corrected chi connectivity index (χ0v) is 19.1. The number of carbonyl (C=O) groups excluding carboxylic acids is 2. The Morgan fingerprint density at radius 1 is 1.06 bits per heavy atom. The molecule has 0 aromatic heterocycles. The second-order valence-corrected chi connectivity index (χ2v) is 10.6. The van der Waals surface area contributed by atoms with E-state index in [-0.39, 0.29) is 23.5 Å². The van der Waals surface area contributed by atoms with Crippen molar-refractivity contribution in [1.82, 2.24) is 9.80 Å².